The van der Waals surface area contributed by atoms with Crippen molar-refractivity contribution >= 4 is 34.6 Å². The Balaban J connectivity index is 2.14. The summed E-state index contributed by atoms with van der Waals surface area (Å²) in [4.78, 5) is 11.9. The van der Waals surface area contributed by atoms with Crippen LogP contribution in [0, 0.1) is 0 Å². The Morgan fingerprint density at radius 3 is 3.00 bits per heavy atom. The summed E-state index contributed by atoms with van der Waals surface area (Å²) in [7, 11) is 0. The normalized spacial score (nSPS) is 12.7. The van der Waals surface area contributed by atoms with E-state index in [9.17, 15) is 0 Å². The van der Waals surface area contributed by atoms with Crippen molar-refractivity contribution in [1.82, 2.24) is 15.0 Å². The Hall–Kier alpha value is -3.08. The van der Waals surface area contributed by atoms with Crippen molar-refractivity contribution in [3.63, 3.8) is 0 Å². The zero-order chi connectivity index (χ0) is 16.9. The van der Waals surface area contributed by atoms with Gasteiger partial charge in [-0.3, -0.25) is 4.98 Å². The number of anilines is 1. The second-order valence-corrected chi connectivity index (χ2v) is 5.58. The lowest BCUT2D eigenvalue weighted by atomic mass is 10.1. The molecule has 0 radical (unpaired) electrons. The van der Waals surface area contributed by atoms with Gasteiger partial charge >= 0.3 is 0 Å². The molecule has 122 valence electrons. The van der Waals surface area contributed by atoms with Crippen LogP contribution in [0.4, 0.5) is 5.69 Å². The van der Waals surface area contributed by atoms with Crippen LogP contribution in [0.2, 0.25) is 0 Å². The molecular formula is C19H21N5. The molecule has 0 amide bonds. The Morgan fingerprint density at radius 1 is 1.42 bits per heavy atom. The highest BCUT2D eigenvalue weighted by Crippen LogP contribution is 2.14. The van der Waals surface area contributed by atoms with Crippen LogP contribution in [0.25, 0.3) is 28.9 Å². The van der Waals surface area contributed by atoms with Crippen LogP contribution in [0.3, 0.4) is 0 Å². The third-order valence-electron chi connectivity index (χ3n) is 3.82. The Kier molecular flexibility index (Phi) is 4.61. The summed E-state index contributed by atoms with van der Waals surface area (Å²) >= 11 is 0. The van der Waals surface area contributed by atoms with Gasteiger partial charge in [-0.05, 0) is 35.8 Å². The molecule has 0 bridgehead atoms. The van der Waals surface area contributed by atoms with Crippen LogP contribution in [-0.4, -0.2) is 21.5 Å². The lowest BCUT2D eigenvalue weighted by molar-refractivity contribution is 0.978. The highest BCUT2D eigenvalue weighted by Gasteiger charge is 2.05. The summed E-state index contributed by atoms with van der Waals surface area (Å²) in [5.74, 6) is 0. The molecule has 0 aromatic carbocycles. The van der Waals surface area contributed by atoms with Crippen LogP contribution >= 0.6 is 0 Å². The number of rotatable bonds is 5. The minimum absolute atomic E-state index is 0.805. The minimum atomic E-state index is 0.805. The zero-order valence-electron chi connectivity index (χ0n) is 13.7. The molecule has 3 aromatic heterocycles. The van der Waals surface area contributed by atoms with E-state index in [1.165, 1.54) is 0 Å². The predicted octanol–water partition coefficient (Wildman–Crippen LogP) is 1.97. The highest BCUT2D eigenvalue weighted by molar-refractivity contribution is 5.91. The molecule has 0 aliphatic rings. The molecule has 24 heavy (non-hydrogen) atoms. The number of hydrogen-bond donors (Lipinski definition) is 3. The first-order valence-electron chi connectivity index (χ1n) is 7.97. The van der Waals surface area contributed by atoms with Crippen molar-refractivity contribution < 1.29 is 0 Å². The van der Waals surface area contributed by atoms with Crippen LogP contribution in [0.15, 0.2) is 43.4 Å². The summed E-state index contributed by atoms with van der Waals surface area (Å²) in [6.45, 7) is 7.20. The molecule has 0 fully saturated rings. The fraction of sp³-hybridized carbons (Fsp3) is 0.158. The maximum Gasteiger partial charge on any atom is 0.138 e. The molecule has 3 aromatic rings. The number of aromatic amines is 1. The van der Waals surface area contributed by atoms with E-state index < -0.39 is 0 Å². The van der Waals surface area contributed by atoms with Crippen molar-refractivity contribution in [2.45, 2.75) is 13.3 Å². The van der Waals surface area contributed by atoms with Gasteiger partial charge in [0, 0.05) is 35.7 Å². The maximum atomic E-state index is 5.79. The monoisotopic (exact) mass is 319 g/mol. The molecule has 0 saturated heterocycles. The van der Waals surface area contributed by atoms with Gasteiger partial charge in [-0.1, -0.05) is 19.6 Å². The number of aromatic nitrogens is 3. The molecule has 4 N–H and O–H groups in total. The summed E-state index contributed by atoms with van der Waals surface area (Å²) in [5, 5.41) is 6.18. The first-order chi connectivity index (χ1) is 11.7. The van der Waals surface area contributed by atoms with Crippen molar-refractivity contribution in [3.8, 4) is 0 Å². The molecule has 0 spiro atoms. The largest absolute Gasteiger partial charge is 0.403 e. The highest BCUT2D eigenvalue weighted by atomic mass is 14.9. The number of fused-ring (bicyclic) bond motifs is 1. The fourth-order valence-corrected chi connectivity index (χ4v) is 2.57. The summed E-state index contributed by atoms with van der Waals surface area (Å²) in [5.41, 5.74) is 9.43. The Morgan fingerprint density at radius 2 is 2.29 bits per heavy atom. The van der Waals surface area contributed by atoms with Gasteiger partial charge in [0.2, 0.25) is 0 Å². The van der Waals surface area contributed by atoms with E-state index in [2.05, 4.69) is 39.8 Å². The van der Waals surface area contributed by atoms with Gasteiger partial charge < -0.3 is 16.0 Å². The fourth-order valence-electron chi connectivity index (χ4n) is 2.57. The summed E-state index contributed by atoms with van der Waals surface area (Å²) in [6.07, 6.45) is 10.0. The molecule has 0 aliphatic heterocycles. The number of nitrogens with one attached hydrogen (secondary N) is 2. The first kappa shape index (κ1) is 15.8. The molecule has 5 heteroatoms. The van der Waals surface area contributed by atoms with Crippen LogP contribution < -0.4 is 21.6 Å². The quantitative estimate of drug-likeness (QED) is 0.672. The Bertz CT molecular complexity index is 970. The van der Waals surface area contributed by atoms with Gasteiger partial charge in [0.15, 0.2) is 0 Å². The number of nitrogens with zero attached hydrogens (tertiary/aromatic N) is 2. The first-order valence-corrected chi connectivity index (χ1v) is 7.97. The molecule has 0 aliphatic carbocycles. The van der Waals surface area contributed by atoms with Gasteiger partial charge in [-0.25, -0.2) is 4.98 Å². The predicted molar refractivity (Wildman–Crippen MR) is 101 cm³/mol. The Labute approximate surface area is 140 Å². The molecule has 3 rings (SSSR count). The molecule has 0 atom stereocenters. The van der Waals surface area contributed by atoms with Crippen LogP contribution in [-0.2, 0) is 0 Å². The SMILES string of the molecule is C=C(/C=c1\c(=C/N)[nH]c2ncc(NCCC)cc12)c1cccnc1. The molecular weight excluding hydrogens is 298 g/mol. The third kappa shape index (κ3) is 3.15. The topological polar surface area (TPSA) is 79.6 Å². The van der Waals surface area contributed by atoms with Crippen molar-refractivity contribution in [1.29, 1.82) is 0 Å². The zero-order valence-corrected chi connectivity index (χ0v) is 13.7. The second-order valence-electron chi connectivity index (χ2n) is 5.58. The molecule has 0 unspecified atom stereocenters. The van der Waals surface area contributed by atoms with E-state index in [0.717, 1.165) is 51.4 Å². The van der Waals surface area contributed by atoms with E-state index in [-0.39, 0.29) is 0 Å². The van der Waals surface area contributed by atoms with Gasteiger partial charge in [-0.15, -0.1) is 0 Å². The second kappa shape index (κ2) is 7.00. The lowest BCUT2D eigenvalue weighted by Crippen LogP contribution is -2.24. The number of nitrogens with two attached hydrogens (primary N) is 1. The van der Waals surface area contributed by atoms with Crippen molar-refractivity contribution in [2.24, 2.45) is 5.73 Å². The average Bonchev–Trinajstić information content (AvgIpc) is 2.97. The van der Waals surface area contributed by atoms with Gasteiger partial charge in [0.05, 0.1) is 17.2 Å². The van der Waals surface area contributed by atoms with E-state index in [1.54, 1.807) is 18.6 Å². The summed E-state index contributed by atoms with van der Waals surface area (Å²) < 4.78 is 0. The van der Waals surface area contributed by atoms with Crippen LogP contribution in [0.1, 0.15) is 18.9 Å². The molecule has 5 nitrogen and oxygen atoms in total. The number of H-pyrrole nitrogens is 1. The maximum absolute atomic E-state index is 5.79. The van der Waals surface area contributed by atoms with E-state index in [1.807, 2.05) is 24.4 Å². The van der Waals surface area contributed by atoms with Gasteiger partial charge in [0.25, 0.3) is 0 Å². The van der Waals surface area contributed by atoms with E-state index in [4.69, 9.17) is 5.73 Å². The lowest BCUT2D eigenvalue weighted by Gasteiger charge is -2.03. The van der Waals surface area contributed by atoms with Gasteiger partial charge in [0.1, 0.15) is 5.65 Å². The number of pyridine rings is 2. The van der Waals surface area contributed by atoms with E-state index >= 15 is 0 Å². The number of hydrogen-bond acceptors (Lipinski definition) is 4. The number of allylic oxidation sites excluding steroid dienone is 1. The van der Waals surface area contributed by atoms with Crippen LogP contribution in [0.5, 0.6) is 0 Å². The molecule has 0 saturated carbocycles. The minimum Gasteiger partial charge on any atom is -0.403 e. The van der Waals surface area contributed by atoms with E-state index in [0.29, 0.717) is 0 Å². The van der Waals surface area contributed by atoms with Crippen molar-refractivity contribution in [2.75, 3.05) is 11.9 Å². The van der Waals surface area contributed by atoms with Crippen molar-refractivity contribution in [3.05, 3.63) is 59.5 Å². The third-order valence-corrected chi connectivity index (χ3v) is 3.82. The smallest absolute Gasteiger partial charge is 0.138 e. The average molecular weight is 319 g/mol. The molecule has 3 heterocycles. The standard InChI is InChI=1S/C19H21N5/c1-3-6-22-15-9-17-16(18(10-20)24-19(17)23-12-15)8-13(2)14-5-4-7-21-11-14/h4-5,7-12,22H,2-3,6,20H2,1H3,(H,23,24)/b16-8-,18-10+. The van der Waals surface area contributed by atoms with Gasteiger partial charge in [-0.2, -0.15) is 0 Å². The summed E-state index contributed by atoms with van der Waals surface area (Å²) in [6, 6.07) is 5.97.